The number of hydrogen-bond acceptors (Lipinski definition) is 1. The van der Waals surface area contributed by atoms with Crippen LogP contribution >= 0.6 is 0 Å². The van der Waals surface area contributed by atoms with E-state index in [0.29, 0.717) is 0 Å². The Bertz CT molecular complexity index is 3300. The maximum atomic E-state index is 3.71. The Labute approximate surface area is 305 Å². The van der Waals surface area contributed by atoms with Crippen LogP contribution in [0.15, 0.2) is 182 Å². The first-order valence-electron chi connectivity index (χ1n) is 18.4. The van der Waals surface area contributed by atoms with Gasteiger partial charge in [-0.15, -0.1) is 0 Å². The van der Waals surface area contributed by atoms with Crippen LogP contribution in [-0.4, -0.2) is 0 Å². The van der Waals surface area contributed by atoms with Gasteiger partial charge in [-0.2, -0.15) is 0 Å². The first kappa shape index (κ1) is 28.7. The molecule has 1 N–H and O–H groups in total. The van der Waals surface area contributed by atoms with Crippen LogP contribution in [0.2, 0.25) is 0 Å². The summed E-state index contributed by atoms with van der Waals surface area (Å²) >= 11 is 0. The lowest BCUT2D eigenvalue weighted by Gasteiger charge is -2.12. The third-order valence-corrected chi connectivity index (χ3v) is 11.4. The zero-order valence-corrected chi connectivity index (χ0v) is 28.8. The molecule has 0 aliphatic rings. The highest BCUT2D eigenvalue weighted by Gasteiger charge is 2.08. The minimum atomic E-state index is 1.08. The maximum absolute atomic E-state index is 3.71. The van der Waals surface area contributed by atoms with E-state index in [4.69, 9.17) is 0 Å². The molecule has 12 rings (SSSR count). The van der Waals surface area contributed by atoms with Crippen molar-refractivity contribution >= 4 is 119 Å². The molecular weight excluding hydrogens is 639 g/mol. The fourth-order valence-corrected chi connectivity index (χ4v) is 8.71. The van der Waals surface area contributed by atoms with Crippen molar-refractivity contribution in [3.63, 3.8) is 0 Å². The highest BCUT2D eigenvalue weighted by molar-refractivity contribution is 6.12. The van der Waals surface area contributed by atoms with E-state index in [1.54, 1.807) is 0 Å². The van der Waals surface area contributed by atoms with Gasteiger partial charge in [-0.25, -0.2) is 0 Å². The fourth-order valence-electron chi connectivity index (χ4n) is 8.71. The van der Waals surface area contributed by atoms with Crippen LogP contribution < -0.4 is 5.32 Å². The van der Waals surface area contributed by atoms with Gasteiger partial charge in [0.05, 0.1) is 0 Å². The summed E-state index contributed by atoms with van der Waals surface area (Å²) in [5.41, 5.74) is 2.17. The van der Waals surface area contributed by atoms with Gasteiger partial charge in [-0.05, 0) is 229 Å². The lowest BCUT2D eigenvalue weighted by molar-refractivity contribution is 1.59. The van der Waals surface area contributed by atoms with Gasteiger partial charge in [0.15, 0.2) is 0 Å². The van der Waals surface area contributed by atoms with E-state index in [2.05, 4.69) is 187 Å². The molecule has 0 atom stereocenters. The minimum absolute atomic E-state index is 1.08. The zero-order chi connectivity index (χ0) is 34.6. The summed E-state index contributed by atoms with van der Waals surface area (Å²) in [4.78, 5) is 0. The molecule has 0 bridgehead atoms. The third kappa shape index (κ3) is 4.71. The summed E-state index contributed by atoms with van der Waals surface area (Å²) in [7, 11) is 0. The topological polar surface area (TPSA) is 12.0 Å². The van der Waals surface area contributed by atoms with Crippen LogP contribution in [0.5, 0.6) is 0 Å². The van der Waals surface area contributed by atoms with Crippen molar-refractivity contribution in [3.8, 4) is 0 Å². The average Bonchev–Trinajstić information content (AvgIpc) is 3.17. The average molecular weight is 670 g/mol. The second kappa shape index (κ2) is 10.8. The van der Waals surface area contributed by atoms with Crippen LogP contribution in [0.4, 0.5) is 11.4 Å². The Hall–Kier alpha value is -6.96. The predicted octanol–water partition coefficient (Wildman–Crippen LogP) is 15.0. The largest absolute Gasteiger partial charge is 0.355 e. The Kier molecular flexibility index (Phi) is 5.84. The molecule has 12 aromatic rings. The number of rotatable bonds is 2. The van der Waals surface area contributed by atoms with Gasteiger partial charge in [0.1, 0.15) is 0 Å². The second-order valence-corrected chi connectivity index (χ2v) is 14.8. The predicted molar refractivity (Wildman–Crippen MR) is 231 cm³/mol. The van der Waals surface area contributed by atoms with Crippen LogP contribution in [0.1, 0.15) is 0 Å². The molecule has 0 aromatic heterocycles. The smallest absolute Gasteiger partial charge is 0.0390 e. The van der Waals surface area contributed by atoms with Crippen molar-refractivity contribution in [3.05, 3.63) is 182 Å². The summed E-state index contributed by atoms with van der Waals surface area (Å²) < 4.78 is 0. The molecule has 0 aliphatic heterocycles. The second-order valence-electron chi connectivity index (χ2n) is 14.8. The van der Waals surface area contributed by atoms with Gasteiger partial charge in [0, 0.05) is 11.4 Å². The quantitative estimate of drug-likeness (QED) is 0.181. The summed E-state index contributed by atoms with van der Waals surface area (Å²) in [6.45, 7) is 0. The van der Waals surface area contributed by atoms with Gasteiger partial charge in [-0.3, -0.25) is 0 Å². The van der Waals surface area contributed by atoms with Gasteiger partial charge in [-0.1, -0.05) is 60.7 Å². The monoisotopic (exact) mass is 669 g/mol. The first-order chi connectivity index (χ1) is 26.1. The van der Waals surface area contributed by atoms with Crippen LogP contribution in [-0.2, 0) is 0 Å². The van der Waals surface area contributed by atoms with E-state index in [9.17, 15) is 0 Å². The minimum Gasteiger partial charge on any atom is -0.355 e. The van der Waals surface area contributed by atoms with Crippen molar-refractivity contribution in [2.75, 3.05) is 5.32 Å². The molecule has 0 amide bonds. The number of nitrogens with one attached hydrogen (secondary N) is 1. The number of benzene rings is 12. The molecule has 53 heavy (non-hydrogen) atoms. The van der Waals surface area contributed by atoms with Gasteiger partial charge in [0.25, 0.3) is 0 Å². The highest BCUT2D eigenvalue weighted by Crippen LogP contribution is 2.35. The Morgan fingerprint density at radius 1 is 0.170 bits per heavy atom. The van der Waals surface area contributed by atoms with Crippen molar-refractivity contribution < 1.29 is 0 Å². The van der Waals surface area contributed by atoms with E-state index in [1.165, 1.54) is 108 Å². The molecule has 0 saturated carbocycles. The Morgan fingerprint density at radius 3 is 0.604 bits per heavy atom. The molecule has 0 fully saturated rings. The molecule has 12 aromatic carbocycles. The summed E-state index contributed by atoms with van der Waals surface area (Å²) in [5, 5.41) is 29.0. The lowest BCUT2D eigenvalue weighted by Crippen LogP contribution is -1.90. The molecule has 0 saturated heterocycles. The Morgan fingerprint density at radius 2 is 0.358 bits per heavy atom. The van der Waals surface area contributed by atoms with E-state index in [1.807, 2.05) is 0 Å². The van der Waals surface area contributed by atoms with Gasteiger partial charge in [0.2, 0.25) is 0 Å². The SMILES string of the molecule is c1ccc2cc3cc4cc5cc6cc(Nc7ccc8cc9cc%10cc%11cc%12ccccc%12cc%11cc%10cc9cc8c7)ccc6cc5cc4cc3cc2c1. The van der Waals surface area contributed by atoms with E-state index in [-0.39, 0.29) is 0 Å². The van der Waals surface area contributed by atoms with Crippen LogP contribution in [0.25, 0.3) is 108 Å². The fraction of sp³-hybridized carbons (Fsp3) is 0. The van der Waals surface area contributed by atoms with Crippen molar-refractivity contribution in [2.45, 2.75) is 0 Å². The van der Waals surface area contributed by atoms with Crippen molar-refractivity contribution in [1.29, 1.82) is 0 Å². The normalized spacial score (nSPS) is 12.2. The highest BCUT2D eigenvalue weighted by atomic mass is 14.9. The Balaban J connectivity index is 0.898. The molecule has 244 valence electrons. The van der Waals surface area contributed by atoms with Crippen LogP contribution in [0, 0.1) is 0 Å². The third-order valence-electron chi connectivity index (χ3n) is 11.4. The van der Waals surface area contributed by atoms with E-state index < -0.39 is 0 Å². The summed E-state index contributed by atoms with van der Waals surface area (Å²) in [6.07, 6.45) is 0. The number of hydrogen-bond donors (Lipinski definition) is 1. The van der Waals surface area contributed by atoms with E-state index in [0.717, 1.165) is 11.4 Å². The number of anilines is 2. The van der Waals surface area contributed by atoms with Gasteiger partial charge >= 0.3 is 0 Å². The standard InChI is InChI=1S/C52H31N/c1-3-7-33-15-39-21-45-25-47-27-49-29-51(11-9-35(49)17-41(47)23-43(45)19-37(39)13-31(33)5-1)53-52-12-10-36-18-42-24-44-20-38-14-32-6-2-4-8-34(32)16-40(38)22-46(44)26-48(42)28-50(36)30-52/h1-30,53H. The molecule has 0 unspecified atom stereocenters. The van der Waals surface area contributed by atoms with E-state index >= 15 is 0 Å². The van der Waals surface area contributed by atoms with Crippen molar-refractivity contribution in [1.82, 2.24) is 0 Å². The zero-order valence-electron chi connectivity index (χ0n) is 28.8. The van der Waals surface area contributed by atoms with Crippen LogP contribution in [0.3, 0.4) is 0 Å². The molecular formula is C52H31N. The molecule has 0 aliphatic carbocycles. The maximum Gasteiger partial charge on any atom is 0.0390 e. The number of fused-ring (bicyclic) bond motifs is 10. The van der Waals surface area contributed by atoms with Gasteiger partial charge < -0.3 is 5.32 Å². The molecule has 0 heterocycles. The molecule has 1 heteroatoms. The first-order valence-corrected chi connectivity index (χ1v) is 18.4. The molecule has 0 radical (unpaired) electrons. The summed E-state index contributed by atoms with van der Waals surface area (Å²) in [6, 6.07) is 68.0. The van der Waals surface area contributed by atoms with Crippen molar-refractivity contribution in [2.24, 2.45) is 0 Å². The lowest BCUT2D eigenvalue weighted by atomic mass is 9.96. The summed E-state index contributed by atoms with van der Waals surface area (Å²) in [5.74, 6) is 0. The molecule has 0 spiro atoms. The molecule has 1 nitrogen and oxygen atoms in total.